The quantitative estimate of drug-likeness (QED) is 0.161. The summed E-state index contributed by atoms with van der Waals surface area (Å²) < 4.78 is 5.86. The summed E-state index contributed by atoms with van der Waals surface area (Å²) in [6, 6.07) is 19.8. The van der Waals surface area contributed by atoms with Crippen LogP contribution in [0.3, 0.4) is 0 Å². The lowest BCUT2D eigenvalue weighted by Crippen LogP contribution is -2.13. The van der Waals surface area contributed by atoms with E-state index in [1.807, 2.05) is 0 Å². The van der Waals surface area contributed by atoms with Crippen LogP contribution in [0.25, 0.3) is 16.7 Å². The molecule has 0 N–H and O–H groups in total. The minimum Gasteiger partial charge on any atom is -0.496 e. The van der Waals surface area contributed by atoms with Gasteiger partial charge in [0.05, 0.1) is 7.11 Å². The molecule has 2 aliphatic carbocycles. The number of aromatic nitrogens is 1. The first kappa shape index (κ1) is 33.0. The van der Waals surface area contributed by atoms with Crippen molar-refractivity contribution < 1.29 is 4.74 Å². The Morgan fingerprint density at radius 3 is 2.42 bits per heavy atom. The molecule has 2 heteroatoms. The number of aryl methyl sites for hydroxylation is 1. The van der Waals surface area contributed by atoms with Crippen LogP contribution in [0.15, 0.2) is 78.6 Å². The average molecular weight is 602 g/mol. The zero-order chi connectivity index (χ0) is 31.8. The largest absolute Gasteiger partial charge is 0.496 e. The smallest absolute Gasteiger partial charge is 0.126 e. The second-order valence-corrected chi connectivity index (χ2v) is 13.9. The van der Waals surface area contributed by atoms with E-state index < -0.39 is 0 Å². The molecule has 3 unspecified atom stereocenters. The topological polar surface area (TPSA) is 22.1 Å². The van der Waals surface area contributed by atoms with Gasteiger partial charge in [0.25, 0.3) is 0 Å². The lowest BCUT2D eigenvalue weighted by Gasteiger charge is -2.25. The van der Waals surface area contributed by atoms with Gasteiger partial charge >= 0.3 is 0 Å². The second kappa shape index (κ2) is 15.8. The Morgan fingerprint density at radius 2 is 1.67 bits per heavy atom. The molecule has 1 saturated carbocycles. The van der Waals surface area contributed by atoms with Gasteiger partial charge < -0.3 is 4.74 Å². The van der Waals surface area contributed by atoms with Crippen molar-refractivity contribution in [1.29, 1.82) is 0 Å². The maximum atomic E-state index is 5.86. The molecule has 45 heavy (non-hydrogen) atoms. The predicted molar refractivity (Wildman–Crippen MR) is 192 cm³/mol. The molecule has 0 aliphatic heterocycles. The third-order valence-electron chi connectivity index (χ3n) is 10.6. The van der Waals surface area contributed by atoms with E-state index in [4.69, 9.17) is 9.72 Å². The van der Waals surface area contributed by atoms with Crippen LogP contribution in [0.2, 0.25) is 0 Å². The standard InChI is InChI=1S/C43H55NO/c1-7-31(5)43-39(38-22-13-14-23-42(38)45-6)29-40(30(3)4)44-41(43)28-33-17-15-16-32(24-25-33)26-27-34(8-2)36-20-11-9-18-35-19-10-12-21-37(35)36/h10,12-14,19-23,29-33H,2,7,9,11,15-18,24-28H2,1,3-6H3. The molecule has 2 aliphatic rings. The van der Waals surface area contributed by atoms with Gasteiger partial charge in [-0.2, -0.15) is 0 Å². The molecule has 0 bridgehead atoms. The van der Waals surface area contributed by atoms with Gasteiger partial charge in [-0.1, -0.05) is 108 Å². The van der Waals surface area contributed by atoms with Crippen molar-refractivity contribution >= 4 is 5.57 Å². The molecule has 2 nitrogen and oxygen atoms in total. The summed E-state index contributed by atoms with van der Waals surface area (Å²) in [5.74, 6) is 3.23. The van der Waals surface area contributed by atoms with E-state index in [1.165, 1.54) is 102 Å². The molecule has 1 heterocycles. The van der Waals surface area contributed by atoms with Crippen molar-refractivity contribution in [3.8, 4) is 16.9 Å². The molecular formula is C43H55NO. The highest BCUT2D eigenvalue weighted by molar-refractivity contribution is 5.81. The fourth-order valence-corrected chi connectivity index (χ4v) is 7.75. The normalized spacial score (nSPS) is 19.1. The van der Waals surface area contributed by atoms with Gasteiger partial charge in [0, 0.05) is 22.5 Å². The number of pyridine rings is 1. The van der Waals surface area contributed by atoms with Crippen LogP contribution in [0.5, 0.6) is 5.75 Å². The van der Waals surface area contributed by atoms with Crippen LogP contribution in [-0.2, 0) is 12.8 Å². The number of nitrogens with zero attached hydrogens (tertiary/aromatic N) is 1. The lowest BCUT2D eigenvalue weighted by molar-refractivity contribution is 0.407. The number of ether oxygens (including phenoxy) is 1. The van der Waals surface area contributed by atoms with E-state index in [0.717, 1.165) is 37.4 Å². The van der Waals surface area contributed by atoms with E-state index in [2.05, 4.69) is 101 Å². The SMILES string of the molecule is C=C=C(CCC1CCCC(Cc2nc(C(C)C)cc(-c3ccccc3OC)c2C(C)CC)CC1)C1=CCCCc2ccccc21. The molecule has 0 amide bonds. The fourth-order valence-electron chi connectivity index (χ4n) is 7.75. The average Bonchev–Trinajstić information content (AvgIpc) is 3.43. The Kier molecular flexibility index (Phi) is 11.6. The summed E-state index contributed by atoms with van der Waals surface area (Å²) in [7, 11) is 1.79. The molecular weight excluding hydrogens is 546 g/mol. The van der Waals surface area contributed by atoms with Crippen molar-refractivity contribution in [1.82, 2.24) is 4.98 Å². The van der Waals surface area contributed by atoms with Gasteiger partial charge in [-0.05, 0) is 115 Å². The second-order valence-electron chi connectivity index (χ2n) is 13.9. The molecule has 0 spiro atoms. The third kappa shape index (κ3) is 7.90. The highest BCUT2D eigenvalue weighted by Gasteiger charge is 2.26. The number of hydrogen-bond acceptors (Lipinski definition) is 2. The Hall–Kier alpha value is -3.35. The molecule has 1 aromatic heterocycles. The Labute approximate surface area is 273 Å². The van der Waals surface area contributed by atoms with Crippen molar-refractivity contribution in [2.24, 2.45) is 11.8 Å². The highest BCUT2D eigenvalue weighted by atomic mass is 16.5. The van der Waals surface area contributed by atoms with Gasteiger partial charge in [-0.25, -0.2) is 0 Å². The van der Waals surface area contributed by atoms with Gasteiger partial charge in [0.2, 0.25) is 0 Å². The lowest BCUT2D eigenvalue weighted by atomic mass is 9.83. The first-order valence-electron chi connectivity index (χ1n) is 17.8. The first-order valence-corrected chi connectivity index (χ1v) is 17.8. The summed E-state index contributed by atoms with van der Waals surface area (Å²) in [6.07, 6.45) is 17.0. The van der Waals surface area contributed by atoms with Gasteiger partial charge in [0.1, 0.15) is 5.75 Å². The number of rotatable bonds is 11. The minimum atomic E-state index is 0.379. The van der Waals surface area contributed by atoms with E-state index >= 15 is 0 Å². The minimum absolute atomic E-state index is 0.379. The summed E-state index contributed by atoms with van der Waals surface area (Å²) in [5, 5.41) is 0. The summed E-state index contributed by atoms with van der Waals surface area (Å²) in [5.41, 5.74) is 15.5. The van der Waals surface area contributed by atoms with Crippen LogP contribution in [0.1, 0.15) is 132 Å². The summed E-state index contributed by atoms with van der Waals surface area (Å²) in [4.78, 5) is 5.41. The van der Waals surface area contributed by atoms with Crippen molar-refractivity contribution in [2.75, 3.05) is 7.11 Å². The highest BCUT2D eigenvalue weighted by Crippen LogP contribution is 2.42. The van der Waals surface area contributed by atoms with E-state index in [1.54, 1.807) is 7.11 Å². The predicted octanol–water partition coefficient (Wildman–Crippen LogP) is 12.0. The molecule has 5 rings (SSSR count). The Balaban J connectivity index is 1.33. The molecule has 3 aromatic rings. The number of para-hydroxylation sites is 1. The summed E-state index contributed by atoms with van der Waals surface area (Å²) in [6.45, 7) is 13.4. The Bertz CT molecular complexity index is 1520. The van der Waals surface area contributed by atoms with Crippen LogP contribution in [0.4, 0.5) is 0 Å². The monoisotopic (exact) mass is 601 g/mol. The molecule has 0 saturated heterocycles. The number of methoxy groups -OCH3 is 1. The van der Waals surface area contributed by atoms with E-state index in [9.17, 15) is 0 Å². The number of hydrogen-bond donors (Lipinski definition) is 0. The number of allylic oxidation sites excluding steroid dienone is 3. The van der Waals surface area contributed by atoms with Crippen LogP contribution in [-0.4, -0.2) is 12.1 Å². The van der Waals surface area contributed by atoms with Gasteiger partial charge in [0.15, 0.2) is 0 Å². The van der Waals surface area contributed by atoms with Crippen LogP contribution < -0.4 is 4.74 Å². The van der Waals surface area contributed by atoms with Crippen LogP contribution in [0, 0.1) is 11.8 Å². The number of benzene rings is 2. The summed E-state index contributed by atoms with van der Waals surface area (Å²) >= 11 is 0. The van der Waals surface area contributed by atoms with Crippen molar-refractivity contribution in [3.63, 3.8) is 0 Å². The van der Waals surface area contributed by atoms with E-state index in [0.29, 0.717) is 17.8 Å². The maximum Gasteiger partial charge on any atom is 0.126 e. The number of fused-ring (bicyclic) bond motifs is 1. The van der Waals surface area contributed by atoms with Crippen molar-refractivity contribution in [2.45, 2.75) is 117 Å². The zero-order valence-corrected chi connectivity index (χ0v) is 28.6. The van der Waals surface area contributed by atoms with Crippen LogP contribution >= 0.6 is 0 Å². The third-order valence-corrected chi connectivity index (χ3v) is 10.6. The molecule has 2 aromatic carbocycles. The fraction of sp³-hybridized carbons (Fsp3) is 0.488. The van der Waals surface area contributed by atoms with Gasteiger partial charge in [-0.15, -0.1) is 5.73 Å². The molecule has 1 fully saturated rings. The first-order chi connectivity index (χ1) is 21.9. The molecule has 0 radical (unpaired) electrons. The van der Waals surface area contributed by atoms with Crippen molar-refractivity contribution in [3.05, 3.63) is 107 Å². The maximum absolute atomic E-state index is 5.86. The van der Waals surface area contributed by atoms with E-state index in [-0.39, 0.29) is 0 Å². The Morgan fingerprint density at radius 1 is 0.933 bits per heavy atom. The van der Waals surface area contributed by atoms with Gasteiger partial charge in [-0.3, -0.25) is 4.98 Å². The molecule has 3 atom stereocenters. The molecule has 238 valence electrons. The zero-order valence-electron chi connectivity index (χ0n) is 28.6.